The SMILES string of the molecule is Cc1ccc(C)c(N2CCN([C@H]3C[C@@H]4CC[C@H]3C4)CC2)c1. The number of rotatable bonds is 2. The van der Waals surface area contributed by atoms with E-state index in [4.69, 9.17) is 0 Å². The molecule has 0 amide bonds. The molecule has 0 radical (unpaired) electrons. The van der Waals surface area contributed by atoms with Gasteiger partial charge in [0.05, 0.1) is 0 Å². The molecule has 1 aromatic carbocycles. The predicted octanol–water partition coefficient (Wildman–Crippen LogP) is 3.61. The molecular weight excluding hydrogens is 256 g/mol. The Bertz CT molecular complexity index is 516. The molecule has 2 saturated carbocycles. The average molecular weight is 284 g/mol. The summed E-state index contributed by atoms with van der Waals surface area (Å²) in [5.74, 6) is 2.10. The molecule has 1 aliphatic heterocycles. The second-order valence-electron chi connectivity index (χ2n) is 7.56. The maximum absolute atomic E-state index is 2.81. The van der Waals surface area contributed by atoms with Crippen molar-refractivity contribution in [1.29, 1.82) is 0 Å². The van der Waals surface area contributed by atoms with Gasteiger partial charge in [0.2, 0.25) is 0 Å². The minimum absolute atomic E-state index is 0.921. The van der Waals surface area contributed by atoms with Crippen LogP contribution in [0.15, 0.2) is 18.2 Å². The number of piperazine rings is 1. The van der Waals surface area contributed by atoms with Crippen molar-refractivity contribution in [2.45, 2.75) is 45.6 Å². The third-order valence-corrected chi connectivity index (χ3v) is 6.19. The van der Waals surface area contributed by atoms with Crippen LogP contribution in [0.5, 0.6) is 0 Å². The highest BCUT2D eigenvalue weighted by Gasteiger charge is 2.42. The molecule has 4 rings (SSSR count). The molecule has 0 aromatic heterocycles. The zero-order chi connectivity index (χ0) is 14.4. The molecule has 1 aromatic rings. The zero-order valence-electron chi connectivity index (χ0n) is 13.5. The number of benzene rings is 1. The molecule has 21 heavy (non-hydrogen) atoms. The van der Waals surface area contributed by atoms with Gasteiger partial charge in [-0.2, -0.15) is 0 Å². The molecule has 3 atom stereocenters. The van der Waals surface area contributed by atoms with Crippen LogP contribution in [-0.2, 0) is 0 Å². The Morgan fingerprint density at radius 3 is 2.43 bits per heavy atom. The van der Waals surface area contributed by atoms with Gasteiger partial charge in [0.15, 0.2) is 0 Å². The maximum atomic E-state index is 2.81. The van der Waals surface area contributed by atoms with Gasteiger partial charge >= 0.3 is 0 Å². The molecule has 2 bridgehead atoms. The summed E-state index contributed by atoms with van der Waals surface area (Å²) < 4.78 is 0. The fourth-order valence-corrected chi connectivity index (χ4v) is 5.01. The Labute approximate surface area is 129 Å². The first-order chi connectivity index (χ1) is 10.2. The van der Waals surface area contributed by atoms with Gasteiger partial charge in [0.1, 0.15) is 0 Å². The third kappa shape index (κ3) is 2.48. The van der Waals surface area contributed by atoms with E-state index in [-0.39, 0.29) is 0 Å². The zero-order valence-corrected chi connectivity index (χ0v) is 13.5. The molecule has 1 saturated heterocycles. The molecule has 2 nitrogen and oxygen atoms in total. The number of hydrogen-bond donors (Lipinski definition) is 0. The van der Waals surface area contributed by atoms with E-state index >= 15 is 0 Å². The Balaban J connectivity index is 1.41. The van der Waals surface area contributed by atoms with Crippen molar-refractivity contribution in [1.82, 2.24) is 4.90 Å². The average Bonchev–Trinajstić information content (AvgIpc) is 3.13. The molecule has 0 unspecified atom stereocenters. The Hall–Kier alpha value is -1.02. The summed E-state index contributed by atoms with van der Waals surface area (Å²) >= 11 is 0. The molecule has 0 spiro atoms. The number of fused-ring (bicyclic) bond motifs is 2. The van der Waals surface area contributed by atoms with Crippen LogP contribution >= 0.6 is 0 Å². The molecule has 3 aliphatic rings. The first-order valence-electron chi connectivity index (χ1n) is 8.77. The van der Waals surface area contributed by atoms with Crippen molar-refractivity contribution in [3.05, 3.63) is 29.3 Å². The van der Waals surface area contributed by atoms with E-state index in [1.165, 1.54) is 68.7 Å². The summed E-state index contributed by atoms with van der Waals surface area (Å²) in [4.78, 5) is 5.41. The number of anilines is 1. The van der Waals surface area contributed by atoms with Crippen LogP contribution in [0, 0.1) is 25.7 Å². The minimum atomic E-state index is 0.921. The number of nitrogens with zero attached hydrogens (tertiary/aromatic N) is 2. The van der Waals surface area contributed by atoms with Crippen molar-refractivity contribution >= 4 is 5.69 Å². The van der Waals surface area contributed by atoms with Crippen LogP contribution in [0.2, 0.25) is 0 Å². The lowest BCUT2D eigenvalue weighted by atomic mass is 9.93. The van der Waals surface area contributed by atoms with E-state index in [0.717, 1.165) is 17.9 Å². The van der Waals surface area contributed by atoms with Crippen LogP contribution in [-0.4, -0.2) is 37.1 Å². The van der Waals surface area contributed by atoms with E-state index < -0.39 is 0 Å². The first kappa shape index (κ1) is 13.6. The molecule has 0 N–H and O–H groups in total. The maximum Gasteiger partial charge on any atom is 0.0399 e. The van der Waals surface area contributed by atoms with Crippen molar-refractivity contribution in [2.75, 3.05) is 31.1 Å². The highest BCUT2D eigenvalue weighted by atomic mass is 15.3. The van der Waals surface area contributed by atoms with Gasteiger partial charge in [-0.05, 0) is 62.1 Å². The highest BCUT2D eigenvalue weighted by Crippen LogP contribution is 2.46. The van der Waals surface area contributed by atoms with Crippen LogP contribution in [0.4, 0.5) is 5.69 Å². The molecule has 1 heterocycles. The summed E-state index contributed by atoms with van der Waals surface area (Å²) in [5, 5.41) is 0. The van der Waals surface area contributed by atoms with E-state index in [0.29, 0.717) is 0 Å². The van der Waals surface area contributed by atoms with E-state index in [1.807, 2.05) is 0 Å². The summed E-state index contributed by atoms with van der Waals surface area (Å²) in [5.41, 5.74) is 4.27. The number of aryl methyl sites for hydroxylation is 2. The lowest BCUT2D eigenvalue weighted by Gasteiger charge is -2.42. The third-order valence-electron chi connectivity index (χ3n) is 6.19. The molecule has 2 aliphatic carbocycles. The monoisotopic (exact) mass is 284 g/mol. The Kier molecular flexibility index (Phi) is 3.45. The predicted molar refractivity (Wildman–Crippen MR) is 88.9 cm³/mol. The van der Waals surface area contributed by atoms with Gasteiger partial charge in [0, 0.05) is 37.9 Å². The molecule has 114 valence electrons. The second kappa shape index (κ2) is 5.31. The van der Waals surface area contributed by atoms with Gasteiger partial charge in [0.25, 0.3) is 0 Å². The summed E-state index contributed by atoms with van der Waals surface area (Å²) in [6.07, 6.45) is 6.05. The quantitative estimate of drug-likeness (QED) is 0.818. The summed E-state index contributed by atoms with van der Waals surface area (Å²) in [7, 11) is 0. The molecular formula is C19H28N2. The second-order valence-corrected chi connectivity index (χ2v) is 7.56. The standard InChI is InChI=1S/C19H28N2/c1-14-3-4-15(2)18(11-14)20-7-9-21(10-8-20)19-13-16-5-6-17(19)12-16/h3-4,11,16-17,19H,5-10,12-13H2,1-2H3/t16-,17+,19+/m1/s1. The van der Waals surface area contributed by atoms with Gasteiger partial charge in [-0.1, -0.05) is 18.6 Å². The van der Waals surface area contributed by atoms with Crippen molar-refractivity contribution in [3.8, 4) is 0 Å². The fourth-order valence-electron chi connectivity index (χ4n) is 5.01. The lowest BCUT2D eigenvalue weighted by Crippen LogP contribution is -2.51. The number of hydrogen-bond acceptors (Lipinski definition) is 2. The van der Waals surface area contributed by atoms with Crippen LogP contribution < -0.4 is 4.90 Å². The van der Waals surface area contributed by atoms with Crippen LogP contribution in [0.3, 0.4) is 0 Å². The van der Waals surface area contributed by atoms with Gasteiger partial charge < -0.3 is 4.90 Å². The van der Waals surface area contributed by atoms with Gasteiger partial charge in [-0.3, -0.25) is 4.90 Å². The fraction of sp³-hybridized carbons (Fsp3) is 0.684. The lowest BCUT2D eigenvalue weighted by molar-refractivity contribution is 0.135. The van der Waals surface area contributed by atoms with Gasteiger partial charge in [-0.25, -0.2) is 0 Å². The van der Waals surface area contributed by atoms with Crippen molar-refractivity contribution in [3.63, 3.8) is 0 Å². The van der Waals surface area contributed by atoms with Crippen LogP contribution in [0.1, 0.15) is 36.8 Å². The largest absolute Gasteiger partial charge is 0.369 e. The van der Waals surface area contributed by atoms with E-state index in [1.54, 1.807) is 0 Å². The molecule has 3 fully saturated rings. The minimum Gasteiger partial charge on any atom is -0.369 e. The van der Waals surface area contributed by atoms with Gasteiger partial charge in [-0.15, -0.1) is 0 Å². The topological polar surface area (TPSA) is 6.48 Å². The summed E-state index contributed by atoms with van der Waals surface area (Å²) in [6, 6.07) is 7.78. The van der Waals surface area contributed by atoms with Crippen molar-refractivity contribution in [2.24, 2.45) is 11.8 Å². The normalized spacial score (nSPS) is 32.9. The van der Waals surface area contributed by atoms with E-state index in [9.17, 15) is 0 Å². The molecule has 2 heteroatoms. The van der Waals surface area contributed by atoms with Crippen LogP contribution in [0.25, 0.3) is 0 Å². The van der Waals surface area contributed by atoms with Crippen molar-refractivity contribution < 1.29 is 0 Å². The Morgan fingerprint density at radius 2 is 1.76 bits per heavy atom. The highest BCUT2D eigenvalue weighted by molar-refractivity contribution is 5.55. The summed E-state index contributed by atoms with van der Waals surface area (Å²) in [6.45, 7) is 9.39. The first-order valence-corrected chi connectivity index (χ1v) is 8.77. The smallest absolute Gasteiger partial charge is 0.0399 e. The van der Waals surface area contributed by atoms with E-state index in [2.05, 4.69) is 41.8 Å². The Morgan fingerprint density at radius 1 is 0.952 bits per heavy atom.